The highest BCUT2D eigenvalue weighted by Gasteiger charge is 2.19. The maximum atomic E-state index is 5.93. The zero-order valence-corrected chi connectivity index (χ0v) is 12.9. The average molecular weight is 273 g/mol. The summed E-state index contributed by atoms with van der Waals surface area (Å²) in [5.41, 5.74) is 10.3. The SMILES string of the molecule is CCc1ccc(C(C)C)c(-c2cc(N)n(C)n2)c1OC. The fourth-order valence-corrected chi connectivity index (χ4v) is 2.50. The van der Waals surface area contributed by atoms with Gasteiger partial charge in [-0.1, -0.05) is 32.9 Å². The van der Waals surface area contributed by atoms with Crippen molar-refractivity contribution in [2.24, 2.45) is 7.05 Å². The highest BCUT2D eigenvalue weighted by atomic mass is 16.5. The lowest BCUT2D eigenvalue weighted by Gasteiger charge is -2.18. The Labute approximate surface area is 120 Å². The second-order valence-corrected chi connectivity index (χ2v) is 5.31. The van der Waals surface area contributed by atoms with E-state index in [1.54, 1.807) is 11.8 Å². The standard InChI is InChI=1S/C16H23N3O/c1-6-11-7-8-12(10(2)3)15(16(11)20-5)13-9-14(17)19(4)18-13/h7-10H,6,17H2,1-5H3. The van der Waals surface area contributed by atoms with E-state index in [9.17, 15) is 0 Å². The van der Waals surface area contributed by atoms with E-state index in [-0.39, 0.29) is 0 Å². The van der Waals surface area contributed by atoms with E-state index < -0.39 is 0 Å². The fraction of sp³-hybridized carbons (Fsp3) is 0.438. The third-order valence-corrected chi connectivity index (χ3v) is 3.65. The van der Waals surface area contributed by atoms with Crippen LogP contribution in [0.25, 0.3) is 11.3 Å². The molecule has 1 aromatic carbocycles. The predicted molar refractivity (Wildman–Crippen MR) is 83.1 cm³/mol. The molecule has 2 N–H and O–H groups in total. The van der Waals surface area contributed by atoms with Crippen molar-refractivity contribution in [3.05, 3.63) is 29.3 Å². The van der Waals surface area contributed by atoms with Crippen molar-refractivity contribution in [2.75, 3.05) is 12.8 Å². The molecule has 4 nitrogen and oxygen atoms in total. The number of nitrogens with two attached hydrogens (primary N) is 1. The van der Waals surface area contributed by atoms with Crippen LogP contribution in [-0.4, -0.2) is 16.9 Å². The molecular weight excluding hydrogens is 250 g/mol. The lowest BCUT2D eigenvalue weighted by Crippen LogP contribution is -2.01. The van der Waals surface area contributed by atoms with Gasteiger partial charge in [-0.15, -0.1) is 0 Å². The summed E-state index contributed by atoms with van der Waals surface area (Å²) in [6.45, 7) is 6.48. The minimum atomic E-state index is 0.396. The quantitative estimate of drug-likeness (QED) is 0.929. The molecule has 0 atom stereocenters. The molecule has 0 aliphatic heterocycles. The van der Waals surface area contributed by atoms with E-state index in [4.69, 9.17) is 10.5 Å². The van der Waals surface area contributed by atoms with Crippen LogP contribution in [0.2, 0.25) is 0 Å². The van der Waals surface area contributed by atoms with Crippen molar-refractivity contribution in [1.82, 2.24) is 9.78 Å². The van der Waals surface area contributed by atoms with Crippen molar-refractivity contribution < 1.29 is 4.74 Å². The summed E-state index contributed by atoms with van der Waals surface area (Å²) < 4.78 is 7.36. The van der Waals surface area contributed by atoms with Gasteiger partial charge in [0.2, 0.25) is 0 Å². The molecule has 0 aliphatic rings. The number of anilines is 1. The Balaban J connectivity index is 2.75. The first-order chi connectivity index (χ1) is 9.49. The van der Waals surface area contributed by atoms with Crippen LogP contribution in [-0.2, 0) is 13.5 Å². The van der Waals surface area contributed by atoms with Gasteiger partial charge in [0.1, 0.15) is 11.6 Å². The topological polar surface area (TPSA) is 53.1 Å². The maximum absolute atomic E-state index is 5.93. The van der Waals surface area contributed by atoms with Gasteiger partial charge in [-0.3, -0.25) is 4.68 Å². The van der Waals surface area contributed by atoms with Crippen molar-refractivity contribution in [1.29, 1.82) is 0 Å². The molecule has 1 heterocycles. The van der Waals surface area contributed by atoms with Crippen LogP contribution in [0.5, 0.6) is 5.75 Å². The number of ether oxygens (including phenoxy) is 1. The molecule has 4 heteroatoms. The number of aryl methyl sites for hydroxylation is 2. The molecule has 0 bridgehead atoms. The molecule has 0 radical (unpaired) electrons. The second-order valence-electron chi connectivity index (χ2n) is 5.31. The number of nitrogen functional groups attached to an aromatic ring is 1. The number of hydrogen-bond acceptors (Lipinski definition) is 3. The number of nitrogens with zero attached hydrogens (tertiary/aromatic N) is 2. The van der Waals surface area contributed by atoms with E-state index in [2.05, 4.69) is 38.0 Å². The average Bonchev–Trinajstić information content (AvgIpc) is 2.76. The molecule has 0 fully saturated rings. The van der Waals surface area contributed by atoms with Crippen LogP contribution >= 0.6 is 0 Å². The van der Waals surface area contributed by atoms with Crippen molar-refractivity contribution in [2.45, 2.75) is 33.1 Å². The maximum Gasteiger partial charge on any atom is 0.131 e. The molecule has 0 spiro atoms. The van der Waals surface area contributed by atoms with Crippen LogP contribution in [0.4, 0.5) is 5.82 Å². The van der Waals surface area contributed by atoms with Gasteiger partial charge < -0.3 is 10.5 Å². The third kappa shape index (κ3) is 2.38. The summed E-state index contributed by atoms with van der Waals surface area (Å²) in [5.74, 6) is 1.96. The Morgan fingerprint density at radius 3 is 2.50 bits per heavy atom. The van der Waals surface area contributed by atoms with Crippen molar-refractivity contribution >= 4 is 5.82 Å². The molecule has 108 valence electrons. The molecule has 0 saturated carbocycles. The highest BCUT2D eigenvalue weighted by Crippen LogP contribution is 2.39. The molecule has 0 unspecified atom stereocenters. The number of rotatable bonds is 4. The zero-order valence-electron chi connectivity index (χ0n) is 12.9. The largest absolute Gasteiger partial charge is 0.496 e. The van der Waals surface area contributed by atoms with Gasteiger partial charge in [-0.05, 0) is 23.5 Å². The van der Waals surface area contributed by atoms with E-state index >= 15 is 0 Å². The van der Waals surface area contributed by atoms with Crippen molar-refractivity contribution in [3.8, 4) is 17.0 Å². The Kier molecular flexibility index (Phi) is 4.02. The first-order valence-electron chi connectivity index (χ1n) is 6.99. The summed E-state index contributed by atoms with van der Waals surface area (Å²) >= 11 is 0. The third-order valence-electron chi connectivity index (χ3n) is 3.65. The van der Waals surface area contributed by atoms with Crippen LogP contribution in [0.1, 0.15) is 37.8 Å². The van der Waals surface area contributed by atoms with Crippen LogP contribution in [0.15, 0.2) is 18.2 Å². The number of hydrogen-bond donors (Lipinski definition) is 1. The lowest BCUT2D eigenvalue weighted by atomic mass is 9.91. The van der Waals surface area contributed by atoms with Crippen molar-refractivity contribution in [3.63, 3.8) is 0 Å². The first-order valence-corrected chi connectivity index (χ1v) is 6.99. The van der Waals surface area contributed by atoms with E-state index in [1.165, 1.54) is 11.1 Å². The van der Waals surface area contributed by atoms with Gasteiger partial charge in [0, 0.05) is 18.7 Å². The van der Waals surface area contributed by atoms with Gasteiger partial charge in [0.05, 0.1) is 12.8 Å². The number of aromatic nitrogens is 2. The van der Waals surface area contributed by atoms with Gasteiger partial charge in [-0.2, -0.15) is 5.10 Å². The molecule has 2 aromatic rings. The Hall–Kier alpha value is -1.97. The number of methoxy groups -OCH3 is 1. The molecule has 0 amide bonds. The Bertz CT molecular complexity index is 595. The molecule has 1 aromatic heterocycles. The summed E-state index contributed by atoms with van der Waals surface area (Å²) in [7, 11) is 3.57. The summed E-state index contributed by atoms with van der Waals surface area (Å²) in [6.07, 6.45) is 0.927. The lowest BCUT2D eigenvalue weighted by molar-refractivity contribution is 0.411. The van der Waals surface area contributed by atoms with E-state index in [1.807, 2.05) is 13.1 Å². The fourth-order valence-electron chi connectivity index (χ4n) is 2.50. The zero-order chi connectivity index (χ0) is 14.9. The summed E-state index contributed by atoms with van der Waals surface area (Å²) in [6, 6.07) is 6.22. The smallest absolute Gasteiger partial charge is 0.131 e. The Morgan fingerprint density at radius 1 is 1.35 bits per heavy atom. The highest BCUT2D eigenvalue weighted by molar-refractivity contribution is 5.75. The minimum Gasteiger partial charge on any atom is -0.496 e. The van der Waals surface area contributed by atoms with Gasteiger partial charge in [0.15, 0.2) is 0 Å². The van der Waals surface area contributed by atoms with Gasteiger partial charge in [0.25, 0.3) is 0 Å². The van der Waals surface area contributed by atoms with E-state index in [0.717, 1.165) is 23.4 Å². The Morgan fingerprint density at radius 2 is 2.05 bits per heavy atom. The molecule has 0 saturated heterocycles. The second kappa shape index (κ2) is 5.57. The van der Waals surface area contributed by atoms with Crippen LogP contribution < -0.4 is 10.5 Å². The van der Waals surface area contributed by atoms with Crippen LogP contribution in [0.3, 0.4) is 0 Å². The first kappa shape index (κ1) is 14.4. The van der Waals surface area contributed by atoms with E-state index in [0.29, 0.717) is 11.7 Å². The molecule has 20 heavy (non-hydrogen) atoms. The van der Waals surface area contributed by atoms with Gasteiger partial charge in [-0.25, -0.2) is 0 Å². The number of benzene rings is 1. The summed E-state index contributed by atoms with van der Waals surface area (Å²) in [5, 5.41) is 4.52. The minimum absolute atomic E-state index is 0.396. The monoisotopic (exact) mass is 273 g/mol. The molecular formula is C16H23N3O. The predicted octanol–water partition coefficient (Wildman–Crippen LogP) is 3.36. The molecule has 2 rings (SSSR count). The van der Waals surface area contributed by atoms with Crippen LogP contribution in [0, 0.1) is 0 Å². The normalized spacial score (nSPS) is 11.1. The van der Waals surface area contributed by atoms with Gasteiger partial charge >= 0.3 is 0 Å². The summed E-state index contributed by atoms with van der Waals surface area (Å²) in [4.78, 5) is 0. The molecule has 0 aliphatic carbocycles.